The molecule has 0 saturated carbocycles. The Bertz CT molecular complexity index is 751. The average molecular weight is 310 g/mol. The maximum atomic E-state index is 12.5. The molecule has 2 aromatic rings. The zero-order chi connectivity index (χ0) is 15.6. The van der Waals surface area contributed by atoms with Gasteiger partial charge in [0.15, 0.2) is 11.4 Å². The lowest BCUT2D eigenvalue weighted by Gasteiger charge is -2.15. The summed E-state index contributed by atoms with van der Waals surface area (Å²) in [5.74, 6) is -0.999. The largest absolute Gasteiger partial charge is 0.505 e. The third kappa shape index (κ3) is 2.74. The fourth-order valence-corrected chi connectivity index (χ4v) is 2.42. The number of nitrogens with zero attached hydrogens (tertiary/aromatic N) is 1. The number of aromatic hydroxyl groups is 1. The minimum Gasteiger partial charge on any atom is -0.505 e. The monoisotopic (exact) mass is 309 g/mol. The van der Waals surface area contributed by atoms with E-state index in [-0.39, 0.29) is 29.0 Å². The fraction of sp³-hybridized carbons (Fsp3) is 0.333. The molecule has 1 N–H and O–H groups in total. The molecule has 1 aromatic carbocycles. The first-order valence-electron chi connectivity index (χ1n) is 6.73. The predicted molar refractivity (Wildman–Crippen MR) is 81.1 cm³/mol. The van der Waals surface area contributed by atoms with Crippen molar-refractivity contribution < 1.29 is 14.6 Å². The zero-order valence-electron chi connectivity index (χ0n) is 11.9. The summed E-state index contributed by atoms with van der Waals surface area (Å²) in [4.78, 5) is 24.6. The molecule has 0 bridgehead atoms. The molecule has 21 heavy (non-hydrogen) atoms. The number of esters is 1. The van der Waals surface area contributed by atoms with Gasteiger partial charge in [0.25, 0.3) is 5.56 Å². The maximum Gasteiger partial charge on any atom is 0.358 e. The normalized spacial score (nSPS) is 10.8. The van der Waals surface area contributed by atoms with Gasteiger partial charge in [0.05, 0.1) is 12.0 Å². The molecule has 0 aliphatic carbocycles. The number of benzene rings is 1. The summed E-state index contributed by atoms with van der Waals surface area (Å²) >= 11 is 5.90. The van der Waals surface area contributed by atoms with Gasteiger partial charge in [-0.05, 0) is 31.5 Å². The minimum atomic E-state index is -0.720. The molecule has 1 aromatic heterocycles. The molecule has 0 spiro atoms. The van der Waals surface area contributed by atoms with Crippen molar-refractivity contribution in [2.75, 3.05) is 6.61 Å². The van der Waals surface area contributed by atoms with Gasteiger partial charge in [-0.2, -0.15) is 0 Å². The van der Waals surface area contributed by atoms with Crippen LogP contribution in [0.25, 0.3) is 10.8 Å². The summed E-state index contributed by atoms with van der Waals surface area (Å²) in [7, 11) is 0. The second-order valence-electron chi connectivity index (χ2n) is 4.56. The van der Waals surface area contributed by atoms with Crippen molar-refractivity contribution in [1.82, 2.24) is 4.57 Å². The van der Waals surface area contributed by atoms with Crippen molar-refractivity contribution in [1.29, 1.82) is 0 Å². The molecule has 5 nitrogen and oxygen atoms in total. The number of pyridine rings is 1. The highest BCUT2D eigenvalue weighted by molar-refractivity contribution is 6.31. The van der Waals surface area contributed by atoms with Crippen LogP contribution < -0.4 is 5.56 Å². The molecule has 0 amide bonds. The van der Waals surface area contributed by atoms with Crippen LogP contribution in [0.2, 0.25) is 5.02 Å². The molecule has 0 aliphatic rings. The maximum absolute atomic E-state index is 12.5. The van der Waals surface area contributed by atoms with Crippen molar-refractivity contribution in [2.45, 2.75) is 26.8 Å². The summed E-state index contributed by atoms with van der Waals surface area (Å²) in [6, 6.07) is 4.58. The van der Waals surface area contributed by atoms with E-state index in [2.05, 4.69) is 0 Å². The third-order valence-corrected chi connectivity index (χ3v) is 3.36. The summed E-state index contributed by atoms with van der Waals surface area (Å²) in [6.07, 6.45) is 0.644. The predicted octanol–water partition coefficient (Wildman–Crippen LogP) is 2.95. The van der Waals surface area contributed by atoms with Gasteiger partial charge in [0.2, 0.25) is 0 Å². The standard InChI is InChI=1S/C15H16ClNO4/c1-3-7-17-12(15(20)21-4-2)13(18)11-8-9(16)5-6-10(11)14(17)19/h5-6,8,18H,3-4,7H2,1-2H3. The SMILES string of the molecule is CCCn1c(C(=O)OCC)c(O)c2cc(Cl)ccc2c1=O. The van der Waals surface area contributed by atoms with Crippen molar-refractivity contribution in [3.63, 3.8) is 0 Å². The zero-order valence-corrected chi connectivity index (χ0v) is 12.6. The number of aromatic nitrogens is 1. The smallest absolute Gasteiger partial charge is 0.358 e. The highest BCUT2D eigenvalue weighted by atomic mass is 35.5. The number of hydrogen-bond acceptors (Lipinski definition) is 4. The van der Waals surface area contributed by atoms with E-state index in [1.165, 1.54) is 10.6 Å². The number of carbonyl (C=O) groups excluding carboxylic acids is 1. The van der Waals surface area contributed by atoms with Gasteiger partial charge >= 0.3 is 5.97 Å². The number of hydrogen-bond donors (Lipinski definition) is 1. The van der Waals surface area contributed by atoms with Crippen LogP contribution in [0.15, 0.2) is 23.0 Å². The Morgan fingerprint density at radius 3 is 2.67 bits per heavy atom. The Balaban J connectivity index is 2.86. The molecule has 0 fully saturated rings. The van der Waals surface area contributed by atoms with E-state index in [4.69, 9.17) is 16.3 Å². The molecule has 0 unspecified atom stereocenters. The van der Waals surface area contributed by atoms with E-state index in [1.807, 2.05) is 6.92 Å². The average Bonchev–Trinajstić information content (AvgIpc) is 2.45. The molecule has 2 rings (SSSR count). The second-order valence-corrected chi connectivity index (χ2v) is 5.00. The number of fused-ring (bicyclic) bond motifs is 1. The minimum absolute atomic E-state index is 0.126. The van der Waals surface area contributed by atoms with Crippen molar-refractivity contribution in [2.24, 2.45) is 0 Å². The van der Waals surface area contributed by atoms with E-state index >= 15 is 0 Å². The fourth-order valence-electron chi connectivity index (χ4n) is 2.24. The molecular weight excluding hydrogens is 294 g/mol. The second kappa shape index (κ2) is 6.18. The van der Waals surface area contributed by atoms with Crippen LogP contribution in [-0.4, -0.2) is 22.2 Å². The molecule has 0 aliphatic heterocycles. The van der Waals surface area contributed by atoms with Crippen LogP contribution in [0, 0.1) is 0 Å². The first kappa shape index (κ1) is 15.4. The quantitative estimate of drug-likeness (QED) is 0.882. The topological polar surface area (TPSA) is 68.5 Å². The van der Waals surface area contributed by atoms with Gasteiger partial charge in [0, 0.05) is 17.0 Å². The molecule has 6 heteroatoms. The molecule has 0 saturated heterocycles. The first-order chi connectivity index (χ1) is 10.0. The highest BCUT2D eigenvalue weighted by Crippen LogP contribution is 2.29. The lowest BCUT2D eigenvalue weighted by atomic mass is 10.1. The van der Waals surface area contributed by atoms with Crippen LogP contribution in [0.4, 0.5) is 0 Å². The highest BCUT2D eigenvalue weighted by Gasteiger charge is 2.22. The van der Waals surface area contributed by atoms with Gasteiger partial charge < -0.3 is 9.84 Å². The molecule has 1 heterocycles. The Kier molecular flexibility index (Phi) is 4.53. The first-order valence-corrected chi connectivity index (χ1v) is 7.11. The van der Waals surface area contributed by atoms with Crippen LogP contribution in [0.3, 0.4) is 0 Å². The van der Waals surface area contributed by atoms with Crippen molar-refractivity contribution in [3.05, 3.63) is 39.3 Å². The van der Waals surface area contributed by atoms with Crippen molar-refractivity contribution in [3.8, 4) is 5.75 Å². The Labute approximate surface area is 126 Å². The van der Waals surface area contributed by atoms with Crippen LogP contribution in [0.1, 0.15) is 30.8 Å². The number of ether oxygens (including phenoxy) is 1. The summed E-state index contributed by atoms with van der Waals surface area (Å²) < 4.78 is 6.19. The van der Waals surface area contributed by atoms with E-state index in [9.17, 15) is 14.7 Å². The number of carbonyl (C=O) groups is 1. The van der Waals surface area contributed by atoms with Gasteiger partial charge in [-0.15, -0.1) is 0 Å². The molecule has 0 atom stereocenters. The molecule has 0 radical (unpaired) electrons. The number of halogens is 1. The van der Waals surface area contributed by atoms with Crippen LogP contribution in [-0.2, 0) is 11.3 Å². The Morgan fingerprint density at radius 2 is 2.05 bits per heavy atom. The van der Waals surface area contributed by atoms with Crippen molar-refractivity contribution >= 4 is 28.3 Å². The molecular formula is C15H16ClNO4. The van der Waals surface area contributed by atoms with Crippen LogP contribution >= 0.6 is 11.6 Å². The Morgan fingerprint density at radius 1 is 1.33 bits per heavy atom. The van der Waals surface area contributed by atoms with Gasteiger partial charge in [-0.25, -0.2) is 4.79 Å². The van der Waals surface area contributed by atoms with E-state index in [0.29, 0.717) is 23.4 Å². The van der Waals surface area contributed by atoms with Crippen LogP contribution in [0.5, 0.6) is 5.75 Å². The Hall–Kier alpha value is -2.01. The van der Waals surface area contributed by atoms with Gasteiger partial charge in [-0.3, -0.25) is 9.36 Å². The molecule has 112 valence electrons. The number of rotatable bonds is 4. The van der Waals surface area contributed by atoms with E-state index in [0.717, 1.165) is 0 Å². The van der Waals surface area contributed by atoms with E-state index < -0.39 is 5.97 Å². The summed E-state index contributed by atoms with van der Waals surface area (Å²) in [5.41, 5.74) is -0.470. The lowest BCUT2D eigenvalue weighted by Crippen LogP contribution is -2.27. The third-order valence-electron chi connectivity index (χ3n) is 3.12. The van der Waals surface area contributed by atoms with E-state index in [1.54, 1.807) is 19.1 Å². The van der Waals surface area contributed by atoms with Gasteiger partial charge in [-0.1, -0.05) is 18.5 Å². The lowest BCUT2D eigenvalue weighted by molar-refractivity contribution is 0.0508. The summed E-state index contributed by atoms with van der Waals surface area (Å²) in [6.45, 7) is 4.02. The summed E-state index contributed by atoms with van der Waals surface area (Å²) in [5, 5.41) is 11.3. The van der Waals surface area contributed by atoms with Gasteiger partial charge in [0.1, 0.15) is 0 Å².